The van der Waals surface area contributed by atoms with Crippen LogP contribution < -0.4 is 5.32 Å². The van der Waals surface area contributed by atoms with Crippen LogP contribution in [0, 0.1) is 5.92 Å². The van der Waals surface area contributed by atoms with Gasteiger partial charge in [0.2, 0.25) is 0 Å². The average Bonchev–Trinajstić information content (AvgIpc) is 2.84. The van der Waals surface area contributed by atoms with E-state index in [0.29, 0.717) is 6.04 Å². The Morgan fingerprint density at radius 2 is 1.89 bits per heavy atom. The van der Waals surface area contributed by atoms with E-state index in [-0.39, 0.29) is 0 Å². The van der Waals surface area contributed by atoms with Crippen LogP contribution in [0.3, 0.4) is 0 Å². The van der Waals surface area contributed by atoms with Crippen LogP contribution in [-0.2, 0) is 12.8 Å². The maximum absolute atomic E-state index is 4.97. The molecule has 1 N–H and O–H groups in total. The highest BCUT2D eigenvalue weighted by Crippen LogP contribution is 2.41. The van der Waals surface area contributed by atoms with Crippen molar-refractivity contribution in [3.8, 4) is 0 Å². The first-order chi connectivity index (χ1) is 8.90. The zero-order valence-corrected chi connectivity index (χ0v) is 11.8. The second-order valence-electron chi connectivity index (χ2n) is 6.24. The average molecular weight is 262 g/mol. The number of rotatable bonds is 4. The molecular formula is C15H22N2S. The number of aromatic nitrogens is 1. The molecule has 1 aromatic heterocycles. The lowest BCUT2D eigenvalue weighted by molar-refractivity contribution is 0.363. The lowest BCUT2D eigenvalue weighted by Crippen LogP contribution is -2.28. The summed E-state index contributed by atoms with van der Waals surface area (Å²) in [6.45, 7) is 0. The highest BCUT2D eigenvalue weighted by atomic mass is 32.1. The molecule has 2 fully saturated rings. The van der Waals surface area contributed by atoms with Gasteiger partial charge in [0.15, 0.2) is 0 Å². The van der Waals surface area contributed by atoms with Crippen LogP contribution in [0.2, 0.25) is 0 Å². The molecule has 1 unspecified atom stereocenters. The van der Waals surface area contributed by atoms with Crippen LogP contribution in [0.4, 0.5) is 0 Å². The minimum Gasteiger partial charge on any atom is -0.305 e. The number of hydrogen-bond donors (Lipinski definition) is 1. The third kappa shape index (κ3) is 2.12. The summed E-state index contributed by atoms with van der Waals surface area (Å²) in [4.78, 5) is 6.56. The first-order valence-electron chi connectivity index (χ1n) is 7.64. The quantitative estimate of drug-likeness (QED) is 0.896. The molecule has 4 rings (SSSR count). The standard InChI is InChI=1S/C15H22N2S/c1-2-5-10(4-1)14(16-11-8-9-11)15-17-12-6-3-7-13(12)18-15/h10-11,14,16H,1-9H2. The summed E-state index contributed by atoms with van der Waals surface area (Å²) >= 11 is 2.01. The molecule has 0 aliphatic heterocycles. The van der Waals surface area contributed by atoms with Gasteiger partial charge in [0.05, 0.1) is 11.7 Å². The molecule has 0 radical (unpaired) electrons. The van der Waals surface area contributed by atoms with Gasteiger partial charge in [0.1, 0.15) is 5.01 Å². The normalized spacial score (nSPS) is 25.6. The Morgan fingerprint density at radius 1 is 1.06 bits per heavy atom. The van der Waals surface area contributed by atoms with Crippen molar-refractivity contribution >= 4 is 11.3 Å². The fraction of sp³-hybridized carbons (Fsp3) is 0.800. The van der Waals surface area contributed by atoms with Crippen LogP contribution in [0.5, 0.6) is 0 Å². The summed E-state index contributed by atoms with van der Waals surface area (Å²) in [6.07, 6.45) is 12.3. The van der Waals surface area contributed by atoms with E-state index in [4.69, 9.17) is 4.98 Å². The molecule has 0 saturated heterocycles. The molecule has 3 aliphatic rings. The number of aryl methyl sites for hydroxylation is 2. The second kappa shape index (κ2) is 4.61. The molecular weight excluding hydrogens is 240 g/mol. The Kier molecular flexibility index (Phi) is 2.92. The fourth-order valence-electron chi connectivity index (χ4n) is 3.55. The van der Waals surface area contributed by atoms with E-state index in [1.807, 2.05) is 11.3 Å². The fourth-order valence-corrected chi connectivity index (χ4v) is 4.85. The largest absolute Gasteiger partial charge is 0.305 e. The molecule has 18 heavy (non-hydrogen) atoms. The van der Waals surface area contributed by atoms with Crippen molar-refractivity contribution in [1.82, 2.24) is 10.3 Å². The molecule has 0 amide bonds. The van der Waals surface area contributed by atoms with Crippen molar-refractivity contribution < 1.29 is 0 Å². The van der Waals surface area contributed by atoms with Gasteiger partial charge in [-0.1, -0.05) is 12.8 Å². The van der Waals surface area contributed by atoms with Gasteiger partial charge in [-0.2, -0.15) is 0 Å². The third-order valence-electron chi connectivity index (χ3n) is 4.74. The Bertz CT molecular complexity index is 408. The zero-order chi connectivity index (χ0) is 11.9. The highest BCUT2D eigenvalue weighted by Gasteiger charge is 2.34. The van der Waals surface area contributed by atoms with Crippen molar-refractivity contribution in [3.63, 3.8) is 0 Å². The smallest absolute Gasteiger partial charge is 0.110 e. The molecule has 1 atom stereocenters. The van der Waals surface area contributed by atoms with Gasteiger partial charge < -0.3 is 5.32 Å². The molecule has 2 saturated carbocycles. The van der Waals surface area contributed by atoms with Gasteiger partial charge in [-0.25, -0.2) is 4.98 Å². The number of nitrogens with zero attached hydrogens (tertiary/aromatic N) is 1. The molecule has 1 heterocycles. The molecule has 0 spiro atoms. The van der Waals surface area contributed by atoms with Gasteiger partial charge in [0, 0.05) is 10.9 Å². The maximum atomic E-state index is 4.97. The van der Waals surface area contributed by atoms with Gasteiger partial charge in [-0.05, 0) is 50.9 Å². The number of hydrogen-bond acceptors (Lipinski definition) is 3. The van der Waals surface area contributed by atoms with Gasteiger partial charge in [-0.3, -0.25) is 0 Å². The first kappa shape index (κ1) is 11.4. The van der Waals surface area contributed by atoms with Crippen LogP contribution in [0.25, 0.3) is 0 Å². The molecule has 98 valence electrons. The summed E-state index contributed by atoms with van der Waals surface area (Å²) in [7, 11) is 0. The van der Waals surface area contributed by atoms with E-state index >= 15 is 0 Å². The van der Waals surface area contributed by atoms with Gasteiger partial charge >= 0.3 is 0 Å². The molecule has 1 aromatic rings. The monoisotopic (exact) mass is 262 g/mol. The molecule has 3 heteroatoms. The molecule has 0 aromatic carbocycles. The van der Waals surface area contributed by atoms with Crippen LogP contribution >= 0.6 is 11.3 Å². The summed E-state index contributed by atoms with van der Waals surface area (Å²) in [5.41, 5.74) is 1.43. The second-order valence-corrected chi connectivity index (χ2v) is 7.35. The van der Waals surface area contributed by atoms with Crippen molar-refractivity contribution in [2.45, 2.75) is 69.9 Å². The van der Waals surface area contributed by atoms with E-state index in [2.05, 4.69) is 5.32 Å². The third-order valence-corrected chi connectivity index (χ3v) is 5.98. The molecule has 0 bridgehead atoms. The van der Waals surface area contributed by atoms with E-state index in [0.717, 1.165) is 12.0 Å². The highest BCUT2D eigenvalue weighted by molar-refractivity contribution is 7.11. The number of nitrogens with one attached hydrogen (secondary N) is 1. The van der Waals surface area contributed by atoms with E-state index in [9.17, 15) is 0 Å². The first-order valence-corrected chi connectivity index (χ1v) is 8.46. The Hall–Kier alpha value is -0.410. The van der Waals surface area contributed by atoms with Crippen molar-refractivity contribution in [2.75, 3.05) is 0 Å². The van der Waals surface area contributed by atoms with E-state index in [1.165, 1.54) is 68.5 Å². The number of thiazole rings is 1. The maximum Gasteiger partial charge on any atom is 0.110 e. The zero-order valence-electron chi connectivity index (χ0n) is 11.0. The van der Waals surface area contributed by atoms with Crippen LogP contribution in [0.1, 0.15) is 66.6 Å². The van der Waals surface area contributed by atoms with E-state index < -0.39 is 0 Å². The van der Waals surface area contributed by atoms with Gasteiger partial charge in [-0.15, -0.1) is 11.3 Å². The summed E-state index contributed by atoms with van der Waals surface area (Å²) < 4.78 is 0. The molecule has 3 aliphatic carbocycles. The summed E-state index contributed by atoms with van der Waals surface area (Å²) in [5.74, 6) is 0.858. The Balaban J connectivity index is 1.58. The summed E-state index contributed by atoms with van der Waals surface area (Å²) in [5, 5.41) is 5.30. The van der Waals surface area contributed by atoms with Crippen molar-refractivity contribution in [1.29, 1.82) is 0 Å². The van der Waals surface area contributed by atoms with Crippen LogP contribution in [0.15, 0.2) is 0 Å². The van der Waals surface area contributed by atoms with Crippen molar-refractivity contribution in [2.24, 2.45) is 5.92 Å². The van der Waals surface area contributed by atoms with E-state index in [1.54, 1.807) is 4.88 Å². The Morgan fingerprint density at radius 3 is 2.61 bits per heavy atom. The molecule has 2 nitrogen and oxygen atoms in total. The minimum atomic E-state index is 0.579. The lowest BCUT2D eigenvalue weighted by Gasteiger charge is -2.22. The lowest BCUT2D eigenvalue weighted by atomic mass is 9.98. The summed E-state index contributed by atoms with van der Waals surface area (Å²) in [6, 6.07) is 1.38. The Labute approximate surface area is 113 Å². The minimum absolute atomic E-state index is 0.579. The van der Waals surface area contributed by atoms with Crippen molar-refractivity contribution in [3.05, 3.63) is 15.6 Å². The SMILES string of the molecule is C1Cc2nc(C(NC3CC3)C3CCCC3)sc2C1. The predicted molar refractivity (Wildman–Crippen MR) is 75.0 cm³/mol. The van der Waals surface area contributed by atoms with Crippen LogP contribution in [-0.4, -0.2) is 11.0 Å². The predicted octanol–water partition coefficient (Wildman–Crippen LogP) is 3.62. The topological polar surface area (TPSA) is 24.9 Å². The van der Waals surface area contributed by atoms with Gasteiger partial charge in [0.25, 0.3) is 0 Å². The number of fused-ring (bicyclic) bond motifs is 1.